The van der Waals surface area contributed by atoms with E-state index >= 15 is 0 Å². The molecule has 0 aliphatic carbocycles. The van der Waals surface area contributed by atoms with Crippen LogP contribution in [-0.2, 0) is 16.1 Å². The molecule has 0 aliphatic heterocycles. The molecule has 8 nitrogen and oxygen atoms in total. The van der Waals surface area contributed by atoms with Crippen molar-refractivity contribution in [2.24, 2.45) is 0 Å². The van der Waals surface area contributed by atoms with Crippen molar-refractivity contribution in [2.75, 3.05) is 0 Å². The second-order valence-corrected chi connectivity index (χ2v) is 6.70. The maximum absolute atomic E-state index is 11.9. The summed E-state index contributed by atoms with van der Waals surface area (Å²) in [6.45, 7) is 7.06. The molecule has 1 aromatic rings. The van der Waals surface area contributed by atoms with Crippen LogP contribution in [0.25, 0.3) is 0 Å². The first-order valence-electron chi connectivity index (χ1n) is 7.07. The Kier molecular flexibility index (Phi) is 6.49. The lowest BCUT2D eigenvalue weighted by atomic mass is 10.2. The SMILES string of the molecule is CCC(NC(=O)c1csc(CNC(=O)OC(C)(C)C)n1)C(=O)O. The quantitative estimate of drug-likeness (QED) is 0.724. The molecule has 0 saturated carbocycles. The number of hydrogen-bond acceptors (Lipinski definition) is 6. The number of carbonyl (C=O) groups is 3. The van der Waals surface area contributed by atoms with Crippen LogP contribution in [0, 0.1) is 0 Å². The topological polar surface area (TPSA) is 118 Å². The Morgan fingerprint density at radius 3 is 2.57 bits per heavy atom. The van der Waals surface area contributed by atoms with Crippen LogP contribution in [0.15, 0.2) is 5.38 Å². The van der Waals surface area contributed by atoms with Gasteiger partial charge in [0.15, 0.2) is 0 Å². The second-order valence-electron chi connectivity index (χ2n) is 5.75. The van der Waals surface area contributed by atoms with E-state index in [9.17, 15) is 14.4 Å². The molecule has 0 spiro atoms. The van der Waals surface area contributed by atoms with Crippen LogP contribution in [0.5, 0.6) is 0 Å². The smallest absolute Gasteiger partial charge is 0.408 e. The zero-order chi connectivity index (χ0) is 17.6. The van der Waals surface area contributed by atoms with Crippen molar-refractivity contribution in [3.63, 3.8) is 0 Å². The van der Waals surface area contributed by atoms with Crippen LogP contribution < -0.4 is 10.6 Å². The minimum absolute atomic E-state index is 0.121. The highest BCUT2D eigenvalue weighted by Gasteiger charge is 2.20. The number of carboxylic acid groups (broad SMARTS) is 1. The van der Waals surface area contributed by atoms with E-state index in [1.165, 1.54) is 16.7 Å². The van der Waals surface area contributed by atoms with Crippen molar-refractivity contribution in [1.29, 1.82) is 0 Å². The molecule has 1 rings (SSSR count). The van der Waals surface area contributed by atoms with Gasteiger partial charge in [-0.1, -0.05) is 6.92 Å². The number of amides is 2. The number of rotatable bonds is 6. The summed E-state index contributed by atoms with van der Waals surface area (Å²) >= 11 is 1.19. The minimum atomic E-state index is -1.09. The van der Waals surface area contributed by atoms with Crippen LogP contribution in [0.2, 0.25) is 0 Å². The third kappa shape index (κ3) is 6.64. The lowest BCUT2D eigenvalue weighted by Gasteiger charge is -2.19. The Labute approximate surface area is 138 Å². The van der Waals surface area contributed by atoms with Crippen molar-refractivity contribution in [3.05, 3.63) is 16.1 Å². The number of alkyl carbamates (subject to hydrolysis) is 1. The van der Waals surface area contributed by atoms with Gasteiger partial charge >= 0.3 is 12.1 Å². The Balaban J connectivity index is 2.56. The summed E-state index contributed by atoms with van der Waals surface area (Å²) in [7, 11) is 0. The highest BCUT2D eigenvalue weighted by atomic mass is 32.1. The molecule has 0 aromatic carbocycles. The first kappa shape index (κ1) is 18.9. The van der Waals surface area contributed by atoms with Gasteiger partial charge in [0.2, 0.25) is 0 Å². The predicted molar refractivity (Wildman–Crippen MR) is 84.4 cm³/mol. The fraction of sp³-hybridized carbons (Fsp3) is 0.571. The van der Waals surface area contributed by atoms with Gasteiger partial charge in [0.25, 0.3) is 5.91 Å². The van der Waals surface area contributed by atoms with Crippen LogP contribution in [0.3, 0.4) is 0 Å². The van der Waals surface area contributed by atoms with E-state index in [0.29, 0.717) is 5.01 Å². The van der Waals surface area contributed by atoms with Crippen LogP contribution in [0.1, 0.15) is 49.6 Å². The Hall–Kier alpha value is -2.16. The van der Waals surface area contributed by atoms with E-state index in [0.717, 1.165) is 0 Å². The maximum Gasteiger partial charge on any atom is 0.408 e. The number of carbonyl (C=O) groups excluding carboxylic acids is 2. The molecule has 1 unspecified atom stereocenters. The van der Waals surface area contributed by atoms with E-state index < -0.39 is 29.6 Å². The predicted octanol–water partition coefficient (Wildman–Crippen LogP) is 1.76. The molecule has 128 valence electrons. The fourth-order valence-electron chi connectivity index (χ4n) is 1.53. The van der Waals surface area contributed by atoms with Gasteiger partial charge in [0.1, 0.15) is 22.3 Å². The Bertz CT molecular complexity index is 579. The van der Waals surface area contributed by atoms with E-state index in [4.69, 9.17) is 9.84 Å². The average Bonchev–Trinajstić information content (AvgIpc) is 2.89. The molecule has 9 heteroatoms. The number of thiazole rings is 1. The Morgan fingerprint density at radius 2 is 2.04 bits per heavy atom. The third-order valence-electron chi connectivity index (χ3n) is 2.58. The number of nitrogens with zero attached hydrogens (tertiary/aromatic N) is 1. The number of aliphatic carboxylic acids is 1. The van der Waals surface area contributed by atoms with Crippen molar-refractivity contribution in [1.82, 2.24) is 15.6 Å². The maximum atomic E-state index is 11.9. The van der Waals surface area contributed by atoms with Crippen molar-refractivity contribution in [2.45, 2.75) is 52.3 Å². The lowest BCUT2D eigenvalue weighted by Crippen LogP contribution is -2.40. The summed E-state index contributed by atoms with van der Waals surface area (Å²) in [5.74, 6) is -1.65. The molecule has 1 aromatic heterocycles. The van der Waals surface area contributed by atoms with Gasteiger partial charge in [-0.25, -0.2) is 14.6 Å². The van der Waals surface area contributed by atoms with Crippen molar-refractivity contribution >= 4 is 29.3 Å². The summed E-state index contributed by atoms with van der Waals surface area (Å²) in [6, 6.07) is -0.951. The van der Waals surface area contributed by atoms with Gasteiger partial charge in [0.05, 0.1) is 6.54 Å². The number of hydrogen-bond donors (Lipinski definition) is 3. The minimum Gasteiger partial charge on any atom is -0.480 e. The summed E-state index contributed by atoms with van der Waals surface area (Å²) < 4.78 is 5.09. The normalized spacial score (nSPS) is 12.3. The molecule has 0 saturated heterocycles. The van der Waals surface area contributed by atoms with E-state index in [2.05, 4.69) is 15.6 Å². The van der Waals surface area contributed by atoms with Crippen molar-refractivity contribution < 1.29 is 24.2 Å². The van der Waals surface area contributed by atoms with E-state index in [1.54, 1.807) is 27.7 Å². The molecule has 1 heterocycles. The van der Waals surface area contributed by atoms with Crippen LogP contribution >= 0.6 is 11.3 Å². The highest BCUT2D eigenvalue weighted by molar-refractivity contribution is 7.09. The monoisotopic (exact) mass is 343 g/mol. The zero-order valence-electron chi connectivity index (χ0n) is 13.5. The molecule has 0 radical (unpaired) electrons. The number of ether oxygens (including phenoxy) is 1. The van der Waals surface area contributed by atoms with Crippen LogP contribution in [0.4, 0.5) is 4.79 Å². The third-order valence-corrected chi connectivity index (χ3v) is 3.43. The molecular formula is C14H21N3O5S. The van der Waals surface area contributed by atoms with Gasteiger partial charge in [-0.3, -0.25) is 4.79 Å². The summed E-state index contributed by atoms with van der Waals surface area (Å²) in [6.07, 6.45) is -0.297. The van der Waals surface area contributed by atoms with Gasteiger partial charge < -0.3 is 20.5 Å². The van der Waals surface area contributed by atoms with Gasteiger partial charge in [0, 0.05) is 5.38 Å². The van der Waals surface area contributed by atoms with Gasteiger partial charge in [-0.2, -0.15) is 0 Å². The first-order chi connectivity index (χ1) is 10.6. The van der Waals surface area contributed by atoms with E-state index in [1.807, 2.05) is 0 Å². The summed E-state index contributed by atoms with van der Waals surface area (Å²) in [5.41, 5.74) is -0.472. The summed E-state index contributed by atoms with van der Waals surface area (Å²) in [5, 5.41) is 15.9. The number of carboxylic acids is 1. The number of nitrogens with one attached hydrogen (secondary N) is 2. The Morgan fingerprint density at radius 1 is 1.39 bits per heavy atom. The first-order valence-corrected chi connectivity index (χ1v) is 7.95. The van der Waals surface area contributed by atoms with Crippen LogP contribution in [-0.4, -0.2) is 39.7 Å². The molecule has 0 aliphatic rings. The fourth-order valence-corrected chi connectivity index (χ4v) is 2.24. The number of aromatic nitrogens is 1. The van der Waals surface area contributed by atoms with Gasteiger partial charge in [-0.15, -0.1) is 11.3 Å². The largest absolute Gasteiger partial charge is 0.480 e. The molecule has 23 heavy (non-hydrogen) atoms. The molecule has 1 atom stereocenters. The molecule has 3 N–H and O–H groups in total. The second kappa shape index (κ2) is 7.91. The average molecular weight is 343 g/mol. The summed E-state index contributed by atoms with van der Waals surface area (Å²) in [4.78, 5) is 38.4. The molecule has 0 bridgehead atoms. The standard InChI is InChI=1S/C14H21N3O5S/c1-5-8(12(19)20)17-11(18)9-7-23-10(16-9)6-15-13(21)22-14(2,3)4/h7-8H,5-6H2,1-4H3,(H,15,21)(H,17,18)(H,19,20). The zero-order valence-corrected chi connectivity index (χ0v) is 14.3. The molecule has 0 fully saturated rings. The highest BCUT2D eigenvalue weighted by Crippen LogP contribution is 2.11. The van der Waals surface area contributed by atoms with Gasteiger partial charge in [-0.05, 0) is 27.2 Å². The van der Waals surface area contributed by atoms with Crippen molar-refractivity contribution in [3.8, 4) is 0 Å². The molecule has 2 amide bonds. The van der Waals surface area contributed by atoms with E-state index in [-0.39, 0.29) is 18.7 Å². The molecular weight excluding hydrogens is 322 g/mol. The lowest BCUT2D eigenvalue weighted by molar-refractivity contribution is -0.139.